The SMILES string of the molecule is [2H]C([2H])([2H])C([2H])(C([2H])([2H])[2H])[C@]([2H])(NC(=O)OC)C(=O)N1C([2H])([2H])C([2H])([2H])C([2H])([2H])[C@]1([2H])c1nc2ccc(-c3ccc(-c4ccc5nc([C@]6([2H])N(C(=O)[C@@]([2H])(NC(=O)OC)C([2H])(C([2H])([2H])[2H])C([2H])([2H])[2H])C([2H])([2H])C([2H])([2H])C6([2H])[2H])[nH]c5c4)c(OC(F)(F)F)c3)cc2[nH]1. The normalized spacial score (nSPS) is 34.7. The molecule has 18 heteroatoms. The Morgan fingerprint density at radius 3 is 1.70 bits per heavy atom. The lowest BCUT2D eigenvalue weighted by atomic mass is 9.98. The minimum atomic E-state index is -5.51. The Bertz CT molecular complexity index is 3750. The zero-order chi connectivity index (χ0) is 70.0. The van der Waals surface area contributed by atoms with Crippen LogP contribution in [0.2, 0.25) is 0 Å². The van der Waals surface area contributed by atoms with E-state index in [1.165, 1.54) is 10.6 Å². The summed E-state index contributed by atoms with van der Waals surface area (Å²) in [6.07, 6.45) is -26.0. The second-order valence-corrected chi connectivity index (χ2v) is 12.3. The highest BCUT2D eigenvalue weighted by atomic mass is 19.4. The van der Waals surface area contributed by atoms with E-state index in [9.17, 15) is 35.1 Å². The number of H-pyrrole nitrogens is 2. The summed E-state index contributed by atoms with van der Waals surface area (Å²) in [7, 11) is 1.14. The van der Waals surface area contributed by atoms with Gasteiger partial charge in [-0.15, -0.1) is 13.2 Å². The van der Waals surface area contributed by atoms with Crippen LogP contribution in [0.1, 0.15) is 118 Å². The van der Waals surface area contributed by atoms with Gasteiger partial charge in [-0.1, -0.05) is 51.7 Å². The van der Waals surface area contributed by atoms with Crippen molar-refractivity contribution in [2.75, 3.05) is 27.2 Å². The van der Waals surface area contributed by atoms with E-state index in [1.807, 2.05) is 0 Å². The number of alkyl halides is 3. The van der Waals surface area contributed by atoms with Gasteiger partial charge in [-0.3, -0.25) is 9.59 Å². The monoisotopic (exact) mass is 877 g/mol. The number of hydrogen-bond acceptors (Lipinski definition) is 9. The standard InChI is InChI=1S/C43H49F3N8O7/c1-22(2)35(51-41(57)59-5)39(55)53-17-7-9-32(53)37-47-28-15-12-24(19-30(28)49-37)25-11-14-27(34(21-25)61-43(44,45)46)26-13-16-29-31(20-26)50-38(48-29)33-10-8-18-54(33)40(56)36(23(3)4)52-42(58)60-6/h11-16,19-23,32-33,35-36H,7-10,17-18H2,1-6H3,(H,47,49)(H,48,50)(H,51,57)(H,52,58)/t32-,33-,35+,36+/m1/s1/i1D3,2D3,3D3,4D3,7D2,8D2,9D2,10D2,17D2,18D2,22D,23D,32D,33D,35D,36D. The van der Waals surface area contributed by atoms with Crippen LogP contribution in [0.15, 0.2) is 54.6 Å². The molecule has 0 saturated carbocycles. The fraction of sp³-hybridized carbons (Fsp3) is 0.442. The number of alkyl carbamates (subject to hydrolysis) is 2. The number of rotatable bonds is 11. The Labute approximate surface area is 391 Å². The van der Waals surface area contributed by atoms with Crippen molar-refractivity contribution < 1.29 is 87.7 Å². The first-order valence-corrected chi connectivity index (χ1v) is 17.0. The average molecular weight is 877 g/mol. The van der Waals surface area contributed by atoms with Crippen LogP contribution in [-0.2, 0) is 19.1 Å². The summed E-state index contributed by atoms with van der Waals surface area (Å²) in [5.41, 5.74) is -2.65. The molecule has 15 nitrogen and oxygen atoms in total. The van der Waals surface area contributed by atoms with Gasteiger partial charge in [0.2, 0.25) is 11.8 Å². The van der Waals surface area contributed by atoms with Crippen LogP contribution in [0.5, 0.6) is 5.75 Å². The van der Waals surface area contributed by atoms with Crippen LogP contribution in [0.3, 0.4) is 0 Å². The number of aromatic amines is 2. The van der Waals surface area contributed by atoms with E-state index in [1.54, 1.807) is 0 Å². The number of methoxy groups -OCH3 is 2. The van der Waals surface area contributed by atoms with Crippen molar-refractivity contribution in [3.05, 3.63) is 66.2 Å². The summed E-state index contributed by atoms with van der Waals surface area (Å²) >= 11 is 0. The number of aromatic nitrogens is 4. The van der Waals surface area contributed by atoms with Crippen molar-refractivity contribution in [1.82, 2.24) is 40.4 Å². The lowest BCUT2D eigenvalue weighted by Crippen LogP contribution is -2.51. The predicted molar refractivity (Wildman–Crippen MR) is 219 cm³/mol. The number of imidazole rings is 2. The van der Waals surface area contributed by atoms with Gasteiger partial charge in [-0.05, 0) is 84.3 Å². The topological polar surface area (TPSA) is 184 Å². The third-order valence-electron chi connectivity index (χ3n) is 8.57. The molecule has 4 N–H and O–H groups in total. The maximum Gasteiger partial charge on any atom is 0.573 e. The lowest BCUT2D eigenvalue weighted by molar-refractivity contribution is -0.274. The van der Waals surface area contributed by atoms with E-state index in [4.69, 9.17) is 38.4 Å². The van der Waals surface area contributed by atoms with Crippen LogP contribution in [0.25, 0.3) is 44.3 Å². The van der Waals surface area contributed by atoms with Crippen LogP contribution in [0, 0.1) is 11.8 Å². The second kappa shape index (κ2) is 17.3. The van der Waals surface area contributed by atoms with Crippen molar-refractivity contribution in [2.24, 2.45) is 11.8 Å². The zero-order valence-corrected chi connectivity index (χ0v) is 31.0. The van der Waals surface area contributed by atoms with Gasteiger partial charge in [0.1, 0.15) is 29.4 Å². The molecule has 7 rings (SSSR count). The molecule has 0 spiro atoms. The molecule has 2 aliphatic heterocycles. The van der Waals surface area contributed by atoms with Crippen LogP contribution < -0.4 is 15.4 Å². The molecule has 0 aliphatic carbocycles. The fourth-order valence-electron chi connectivity index (χ4n) is 5.86. The molecule has 5 aromatic rings. The zero-order valence-electron chi connectivity index (χ0n) is 61.0. The van der Waals surface area contributed by atoms with Crippen molar-refractivity contribution >= 4 is 46.1 Å². The van der Waals surface area contributed by atoms with Crippen molar-refractivity contribution in [1.29, 1.82) is 0 Å². The molecule has 61 heavy (non-hydrogen) atoms. The van der Waals surface area contributed by atoms with Crippen molar-refractivity contribution in [3.63, 3.8) is 0 Å². The van der Waals surface area contributed by atoms with Gasteiger partial charge in [-0.25, -0.2) is 19.6 Å². The van der Waals surface area contributed by atoms with Gasteiger partial charge < -0.3 is 44.6 Å². The quantitative estimate of drug-likeness (QED) is 0.103. The smallest absolute Gasteiger partial charge is 0.453 e. The number of nitrogens with one attached hydrogen (secondary N) is 4. The molecule has 0 unspecified atom stereocenters. The number of likely N-dealkylation sites (tertiary alicyclic amines) is 2. The van der Waals surface area contributed by atoms with Gasteiger partial charge in [0.25, 0.3) is 0 Å². The summed E-state index contributed by atoms with van der Waals surface area (Å²) in [5.74, 6) is -18.1. The molecule has 2 fully saturated rings. The highest BCUT2D eigenvalue weighted by Crippen LogP contribution is 2.40. The van der Waals surface area contributed by atoms with Crippen LogP contribution >= 0.6 is 0 Å². The van der Waals surface area contributed by atoms with E-state index in [-0.39, 0.29) is 27.7 Å². The average Bonchev–Trinajstić information content (AvgIpc) is 1.53. The molecule has 4 atom stereocenters. The van der Waals surface area contributed by atoms with Gasteiger partial charge in [0, 0.05) is 54.2 Å². The lowest BCUT2D eigenvalue weighted by Gasteiger charge is -2.29. The first-order chi connectivity index (χ1) is 40.6. The van der Waals surface area contributed by atoms with Gasteiger partial charge >= 0.3 is 18.5 Å². The molecule has 3 aromatic carbocycles. The molecular weight excluding hydrogens is 798 g/mol. The van der Waals surface area contributed by atoms with E-state index in [0.29, 0.717) is 14.2 Å². The molecule has 2 aromatic heterocycles. The number of nitrogens with zero attached hydrogens (tertiary/aromatic N) is 4. The van der Waals surface area contributed by atoms with Gasteiger partial charge in [0.15, 0.2) is 0 Å². The Balaban J connectivity index is 1.37. The number of halogens is 3. The highest BCUT2D eigenvalue weighted by molar-refractivity contribution is 5.89. The molecular formula is C43H49F3N8O7. The number of carbonyl (C=O) groups excluding carboxylic acids is 4. The predicted octanol–water partition coefficient (Wildman–Crippen LogP) is 7.76. The maximum atomic E-state index is 14.8. The first kappa shape index (κ1) is 19.2. The summed E-state index contributed by atoms with van der Waals surface area (Å²) in [6, 6.07) is -8.02. The van der Waals surface area contributed by atoms with E-state index in [2.05, 4.69) is 34.1 Å². The Morgan fingerprint density at radius 1 is 0.770 bits per heavy atom. The molecule has 2 saturated heterocycles. The van der Waals surface area contributed by atoms with Gasteiger partial charge in [0.05, 0.1) is 53.8 Å². The Hall–Kier alpha value is -6.33. The van der Waals surface area contributed by atoms with Crippen LogP contribution in [-0.4, -0.2) is 99.3 Å². The van der Waals surface area contributed by atoms with E-state index in [0.717, 1.165) is 54.6 Å². The molecule has 0 radical (unpaired) electrons. The summed E-state index contributed by atoms with van der Waals surface area (Å²) in [5, 5.41) is 2.56. The van der Waals surface area contributed by atoms with E-state index < -0.39 is 176 Å². The minimum absolute atomic E-state index is 0.118. The molecule has 0 bridgehead atoms. The Kier molecular flexibility index (Phi) is 5.44. The van der Waals surface area contributed by atoms with E-state index >= 15 is 0 Å². The molecule has 4 heterocycles. The third kappa shape index (κ3) is 9.07. The number of carbonyl (C=O) groups is 4. The number of fused-ring (bicyclic) bond motifs is 2. The second-order valence-electron chi connectivity index (χ2n) is 12.3. The molecule has 324 valence electrons. The van der Waals surface area contributed by atoms with Gasteiger partial charge in [-0.2, -0.15) is 0 Å². The summed E-state index contributed by atoms with van der Waals surface area (Å²) in [4.78, 5) is 66.4. The number of hydrogen-bond donors (Lipinski definition) is 4. The van der Waals surface area contributed by atoms with Crippen LogP contribution in [0.4, 0.5) is 22.8 Å². The van der Waals surface area contributed by atoms with Crippen molar-refractivity contribution in [2.45, 2.75) is 83.3 Å². The van der Waals surface area contributed by atoms with Crippen molar-refractivity contribution in [3.8, 4) is 28.0 Å². The number of benzene rings is 3. The minimum Gasteiger partial charge on any atom is -0.453 e. The number of amides is 4. The fourth-order valence-corrected chi connectivity index (χ4v) is 5.86. The maximum absolute atomic E-state index is 14.8. The largest absolute Gasteiger partial charge is 0.573 e. The molecule has 4 amide bonds. The highest BCUT2D eigenvalue weighted by Gasteiger charge is 2.39. The third-order valence-corrected chi connectivity index (χ3v) is 8.57. The number of ether oxygens (including phenoxy) is 3. The summed E-state index contributed by atoms with van der Waals surface area (Å²) in [6.45, 7) is -25.9. The first-order valence-electron chi connectivity index (χ1n) is 32.0. The summed E-state index contributed by atoms with van der Waals surface area (Å²) < 4.78 is 311. The molecule has 2 aliphatic rings. The Morgan fingerprint density at radius 2 is 1.23 bits per heavy atom.